The number of halogens is 3. The van der Waals surface area contributed by atoms with E-state index in [-0.39, 0.29) is 36.0 Å². The number of rotatable bonds is 12. The van der Waals surface area contributed by atoms with Crippen LogP contribution in [0, 0.1) is 5.82 Å². The molecule has 0 heterocycles. The Hall–Kier alpha value is -2.54. The summed E-state index contributed by atoms with van der Waals surface area (Å²) in [6.45, 7) is 4.13. The van der Waals surface area contributed by atoms with Crippen LogP contribution in [0.3, 0.4) is 0 Å². The molecule has 0 aliphatic carbocycles. The third-order valence-corrected chi connectivity index (χ3v) is 7.74. The van der Waals surface area contributed by atoms with Crippen molar-refractivity contribution in [3.8, 4) is 0 Å². The summed E-state index contributed by atoms with van der Waals surface area (Å²) in [5.74, 6) is 0.00519. The molecule has 4 nitrogen and oxygen atoms in total. The lowest BCUT2D eigenvalue weighted by Crippen LogP contribution is -2.52. The van der Waals surface area contributed by atoms with Crippen molar-refractivity contribution in [3.63, 3.8) is 0 Å². The minimum Gasteiger partial charge on any atom is -0.352 e. The van der Waals surface area contributed by atoms with Gasteiger partial charge in [0.15, 0.2) is 0 Å². The quantitative estimate of drug-likeness (QED) is 0.261. The van der Waals surface area contributed by atoms with Gasteiger partial charge in [0.05, 0.1) is 15.8 Å². The van der Waals surface area contributed by atoms with Crippen molar-refractivity contribution in [2.24, 2.45) is 0 Å². The monoisotopic (exact) mass is 560 g/mol. The molecule has 2 amide bonds. The predicted molar refractivity (Wildman–Crippen MR) is 151 cm³/mol. The maximum Gasteiger partial charge on any atom is 0.243 e. The van der Waals surface area contributed by atoms with Crippen molar-refractivity contribution in [2.45, 2.75) is 51.1 Å². The molecular formula is C29H31Cl2FN2O2S. The molecule has 3 aromatic rings. The highest BCUT2D eigenvalue weighted by molar-refractivity contribution is 7.99. The highest BCUT2D eigenvalue weighted by atomic mass is 35.5. The molecule has 196 valence electrons. The second-order valence-electron chi connectivity index (χ2n) is 8.91. The second-order valence-corrected chi connectivity index (χ2v) is 10.7. The zero-order chi connectivity index (χ0) is 26.8. The molecule has 0 bridgehead atoms. The number of amides is 2. The number of nitrogens with one attached hydrogen (secondary N) is 1. The largest absolute Gasteiger partial charge is 0.352 e. The minimum atomic E-state index is -0.723. The van der Waals surface area contributed by atoms with Gasteiger partial charge in [-0.25, -0.2) is 4.39 Å². The van der Waals surface area contributed by atoms with Gasteiger partial charge in [0.2, 0.25) is 11.8 Å². The number of hydrogen-bond donors (Lipinski definition) is 1. The van der Waals surface area contributed by atoms with Gasteiger partial charge < -0.3 is 10.2 Å². The average Bonchev–Trinajstić information content (AvgIpc) is 2.89. The molecular weight excluding hydrogens is 530 g/mol. The van der Waals surface area contributed by atoms with E-state index in [1.165, 1.54) is 23.9 Å². The fraction of sp³-hybridized carbons (Fsp3) is 0.310. The highest BCUT2D eigenvalue weighted by Gasteiger charge is 2.30. The molecule has 0 spiro atoms. The summed E-state index contributed by atoms with van der Waals surface area (Å²) in [7, 11) is 0. The topological polar surface area (TPSA) is 49.4 Å². The van der Waals surface area contributed by atoms with Crippen LogP contribution >= 0.6 is 35.0 Å². The van der Waals surface area contributed by atoms with E-state index in [4.69, 9.17) is 23.2 Å². The van der Waals surface area contributed by atoms with Crippen LogP contribution in [0.2, 0.25) is 10.0 Å². The Morgan fingerprint density at radius 3 is 2.27 bits per heavy atom. The maximum absolute atomic E-state index is 13.6. The Morgan fingerprint density at radius 1 is 0.946 bits per heavy atom. The Kier molecular flexibility index (Phi) is 11.3. The first-order valence-corrected chi connectivity index (χ1v) is 14.1. The van der Waals surface area contributed by atoms with Gasteiger partial charge in [-0.1, -0.05) is 78.7 Å². The van der Waals surface area contributed by atoms with Crippen molar-refractivity contribution in [3.05, 3.63) is 105 Å². The van der Waals surface area contributed by atoms with E-state index < -0.39 is 6.04 Å². The molecule has 3 rings (SSSR count). The third-order valence-electron chi connectivity index (χ3n) is 6.02. The molecule has 8 heteroatoms. The molecule has 0 radical (unpaired) electrons. The van der Waals surface area contributed by atoms with Crippen molar-refractivity contribution in [1.82, 2.24) is 10.2 Å². The molecule has 3 aromatic carbocycles. The van der Waals surface area contributed by atoms with E-state index in [2.05, 4.69) is 5.32 Å². The standard InChI is InChI=1S/C29H31Cl2FN2O2S/c1-3-20(2)33-29(36)27(16-21-7-5-4-6-8-21)34(17-22-9-12-24(32)13-10-22)28(35)19-37-18-23-11-14-25(30)26(31)15-23/h4-15,20,27H,3,16-19H2,1-2H3,(H,33,36). The number of carbonyl (C=O) groups is 2. The SMILES string of the molecule is CCC(C)NC(=O)C(Cc1ccccc1)N(Cc1ccc(F)cc1)C(=O)CSCc1ccc(Cl)c(Cl)c1. The summed E-state index contributed by atoms with van der Waals surface area (Å²) < 4.78 is 13.6. The summed E-state index contributed by atoms with van der Waals surface area (Å²) in [6.07, 6.45) is 1.14. The van der Waals surface area contributed by atoms with Crippen LogP contribution in [0.5, 0.6) is 0 Å². The van der Waals surface area contributed by atoms with Gasteiger partial charge >= 0.3 is 0 Å². The van der Waals surface area contributed by atoms with Crippen LogP contribution in [0.4, 0.5) is 4.39 Å². The van der Waals surface area contributed by atoms with Crippen LogP contribution in [0.25, 0.3) is 0 Å². The van der Waals surface area contributed by atoms with Crippen LogP contribution in [0.15, 0.2) is 72.8 Å². The van der Waals surface area contributed by atoms with E-state index in [0.29, 0.717) is 22.2 Å². The van der Waals surface area contributed by atoms with Crippen molar-refractivity contribution >= 4 is 46.8 Å². The molecule has 37 heavy (non-hydrogen) atoms. The minimum absolute atomic E-state index is 0.0300. The highest BCUT2D eigenvalue weighted by Crippen LogP contribution is 2.25. The van der Waals surface area contributed by atoms with Gasteiger partial charge in [0.25, 0.3) is 0 Å². The Labute approximate surface area is 232 Å². The fourth-order valence-corrected chi connectivity index (χ4v) is 4.93. The second kappa shape index (κ2) is 14.4. The normalized spacial score (nSPS) is 12.6. The fourth-order valence-electron chi connectivity index (χ4n) is 3.75. The summed E-state index contributed by atoms with van der Waals surface area (Å²) in [5.41, 5.74) is 2.65. The first kappa shape index (κ1) is 29.0. The smallest absolute Gasteiger partial charge is 0.243 e. The van der Waals surface area contributed by atoms with Gasteiger partial charge in [0.1, 0.15) is 11.9 Å². The molecule has 0 aliphatic rings. The average molecular weight is 562 g/mol. The van der Waals surface area contributed by atoms with E-state index in [1.807, 2.05) is 50.2 Å². The number of carbonyl (C=O) groups excluding carboxylic acids is 2. The molecule has 1 N–H and O–H groups in total. The Balaban J connectivity index is 1.84. The number of thioether (sulfide) groups is 1. The lowest BCUT2D eigenvalue weighted by Gasteiger charge is -2.32. The number of benzene rings is 3. The summed E-state index contributed by atoms with van der Waals surface area (Å²) in [4.78, 5) is 28.7. The Bertz CT molecular complexity index is 1180. The molecule has 2 unspecified atom stereocenters. The van der Waals surface area contributed by atoms with Crippen molar-refractivity contribution < 1.29 is 14.0 Å². The molecule has 0 fully saturated rings. The van der Waals surface area contributed by atoms with Crippen molar-refractivity contribution in [2.75, 3.05) is 5.75 Å². The summed E-state index contributed by atoms with van der Waals surface area (Å²) in [6, 6.07) is 20.3. The molecule has 0 saturated carbocycles. The lowest BCUT2D eigenvalue weighted by molar-refractivity contribution is -0.139. The third kappa shape index (κ3) is 9.06. The van der Waals surface area contributed by atoms with E-state index in [0.717, 1.165) is 23.1 Å². The van der Waals surface area contributed by atoms with E-state index in [9.17, 15) is 14.0 Å². The zero-order valence-electron chi connectivity index (χ0n) is 20.9. The molecule has 0 aromatic heterocycles. The first-order chi connectivity index (χ1) is 17.8. The van der Waals surface area contributed by atoms with Gasteiger partial charge in [-0.15, -0.1) is 11.8 Å². The van der Waals surface area contributed by atoms with Gasteiger partial charge in [-0.3, -0.25) is 9.59 Å². The summed E-state index contributed by atoms with van der Waals surface area (Å²) >= 11 is 13.6. The van der Waals surface area contributed by atoms with Gasteiger partial charge in [-0.05, 0) is 54.3 Å². The van der Waals surface area contributed by atoms with Gasteiger partial charge in [-0.2, -0.15) is 0 Å². The lowest BCUT2D eigenvalue weighted by atomic mass is 10.0. The molecule has 0 aliphatic heterocycles. The molecule has 0 saturated heterocycles. The van der Waals surface area contributed by atoms with Crippen molar-refractivity contribution in [1.29, 1.82) is 0 Å². The predicted octanol–water partition coefficient (Wildman–Crippen LogP) is 6.92. The number of nitrogens with zero attached hydrogens (tertiary/aromatic N) is 1. The van der Waals surface area contributed by atoms with Crippen LogP contribution in [-0.2, 0) is 28.3 Å². The summed E-state index contributed by atoms with van der Waals surface area (Å²) in [5, 5.41) is 3.99. The van der Waals surface area contributed by atoms with E-state index in [1.54, 1.807) is 29.2 Å². The molecule has 2 atom stereocenters. The van der Waals surface area contributed by atoms with Crippen LogP contribution in [0.1, 0.15) is 37.0 Å². The van der Waals surface area contributed by atoms with Gasteiger partial charge in [0, 0.05) is 24.8 Å². The van der Waals surface area contributed by atoms with Crippen LogP contribution in [-0.4, -0.2) is 34.6 Å². The van der Waals surface area contributed by atoms with Crippen LogP contribution < -0.4 is 5.32 Å². The first-order valence-electron chi connectivity index (χ1n) is 12.2. The number of hydrogen-bond acceptors (Lipinski definition) is 3. The Morgan fingerprint density at radius 2 is 1.62 bits per heavy atom. The maximum atomic E-state index is 13.6. The van der Waals surface area contributed by atoms with E-state index >= 15 is 0 Å². The zero-order valence-corrected chi connectivity index (χ0v) is 23.3.